The smallest absolute Gasteiger partial charge is 0.224 e. The SMILES string of the molecule is CC(C)c1ccc(NC(=O)CCCc2c(-c3ccc4ccccc4n3)[nH]c3ccc(Cl)cc23)cc1. The van der Waals surface area contributed by atoms with E-state index >= 15 is 0 Å². The molecule has 2 N–H and O–H groups in total. The number of hydrogen-bond acceptors (Lipinski definition) is 2. The molecule has 2 aromatic heterocycles. The lowest BCUT2D eigenvalue weighted by Crippen LogP contribution is -2.11. The van der Waals surface area contributed by atoms with Crippen molar-refractivity contribution in [2.75, 3.05) is 5.32 Å². The first-order valence-electron chi connectivity index (χ1n) is 12.0. The third kappa shape index (κ3) is 5.08. The average molecular weight is 482 g/mol. The number of hydrogen-bond donors (Lipinski definition) is 2. The first-order valence-corrected chi connectivity index (χ1v) is 12.4. The molecule has 0 aliphatic heterocycles. The predicted octanol–water partition coefficient (Wildman–Crippen LogP) is 8.12. The van der Waals surface area contributed by atoms with E-state index in [4.69, 9.17) is 16.6 Å². The van der Waals surface area contributed by atoms with Crippen molar-refractivity contribution in [1.82, 2.24) is 9.97 Å². The maximum Gasteiger partial charge on any atom is 0.224 e. The lowest BCUT2D eigenvalue weighted by molar-refractivity contribution is -0.116. The molecule has 0 saturated carbocycles. The summed E-state index contributed by atoms with van der Waals surface area (Å²) >= 11 is 6.34. The number of para-hydroxylation sites is 1. The van der Waals surface area contributed by atoms with E-state index in [9.17, 15) is 4.79 Å². The van der Waals surface area contributed by atoms with Gasteiger partial charge in [0.1, 0.15) is 0 Å². The van der Waals surface area contributed by atoms with Gasteiger partial charge < -0.3 is 10.3 Å². The zero-order chi connectivity index (χ0) is 24.4. The second kappa shape index (κ2) is 9.93. The number of aromatic amines is 1. The fraction of sp³-hybridized carbons (Fsp3) is 0.200. The molecule has 0 atom stereocenters. The molecule has 0 fully saturated rings. The van der Waals surface area contributed by atoms with Crippen LogP contribution in [0.5, 0.6) is 0 Å². The van der Waals surface area contributed by atoms with Crippen molar-refractivity contribution in [3.8, 4) is 11.4 Å². The van der Waals surface area contributed by atoms with Gasteiger partial charge in [-0.3, -0.25) is 4.79 Å². The minimum absolute atomic E-state index is 0.0190. The van der Waals surface area contributed by atoms with E-state index in [1.807, 2.05) is 54.6 Å². The maximum absolute atomic E-state index is 12.6. The Bertz CT molecular complexity index is 1500. The van der Waals surface area contributed by atoms with Crippen LogP contribution in [0.4, 0.5) is 5.69 Å². The predicted molar refractivity (Wildman–Crippen MR) is 146 cm³/mol. The Kier molecular flexibility index (Phi) is 6.56. The number of benzene rings is 3. The van der Waals surface area contributed by atoms with Crippen LogP contribution in [0, 0.1) is 0 Å². The number of rotatable bonds is 7. The molecule has 0 aliphatic rings. The van der Waals surface area contributed by atoms with Crippen molar-refractivity contribution < 1.29 is 4.79 Å². The summed E-state index contributed by atoms with van der Waals surface area (Å²) in [7, 11) is 0. The summed E-state index contributed by atoms with van der Waals surface area (Å²) in [5, 5.41) is 5.90. The van der Waals surface area contributed by atoms with Gasteiger partial charge in [0.05, 0.1) is 16.9 Å². The number of nitrogens with zero attached hydrogens (tertiary/aromatic N) is 1. The summed E-state index contributed by atoms with van der Waals surface area (Å²) in [5.74, 6) is 0.487. The molecule has 176 valence electrons. The van der Waals surface area contributed by atoms with E-state index in [0.29, 0.717) is 17.4 Å². The third-order valence-corrected chi connectivity index (χ3v) is 6.65. The molecule has 0 spiro atoms. The Labute approximate surface area is 210 Å². The highest BCUT2D eigenvalue weighted by molar-refractivity contribution is 6.31. The van der Waals surface area contributed by atoms with Crippen LogP contribution in [0.2, 0.25) is 5.02 Å². The van der Waals surface area contributed by atoms with Crippen LogP contribution in [0.3, 0.4) is 0 Å². The molecule has 0 saturated heterocycles. The number of nitrogens with one attached hydrogen (secondary N) is 2. The lowest BCUT2D eigenvalue weighted by atomic mass is 10.0. The Hall–Kier alpha value is -3.63. The van der Waals surface area contributed by atoms with E-state index in [1.54, 1.807) is 0 Å². The monoisotopic (exact) mass is 481 g/mol. The minimum Gasteiger partial charge on any atom is -0.353 e. The third-order valence-electron chi connectivity index (χ3n) is 6.41. The van der Waals surface area contributed by atoms with Gasteiger partial charge in [-0.1, -0.05) is 61.8 Å². The van der Waals surface area contributed by atoms with Gasteiger partial charge in [0.15, 0.2) is 0 Å². The number of halogens is 1. The molecule has 1 amide bonds. The Morgan fingerprint density at radius 1 is 1.00 bits per heavy atom. The summed E-state index contributed by atoms with van der Waals surface area (Å²) in [6.45, 7) is 4.32. The van der Waals surface area contributed by atoms with Crippen LogP contribution in [-0.2, 0) is 11.2 Å². The van der Waals surface area contributed by atoms with Gasteiger partial charge in [0, 0.05) is 33.4 Å². The number of aryl methyl sites for hydroxylation is 1. The minimum atomic E-state index is 0.0190. The summed E-state index contributed by atoms with van der Waals surface area (Å²) in [4.78, 5) is 21.1. The molecule has 0 radical (unpaired) electrons. The summed E-state index contributed by atoms with van der Waals surface area (Å²) in [6.07, 6.45) is 1.89. The fourth-order valence-electron chi connectivity index (χ4n) is 4.50. The summed E-state index contributed by atoms with van der Waals surface area (Å²) < 4.78 is 0. The van der Waals surface area contributed by atoms with Crippen LogP contribution in [0.1, 0.15) is 43.7 Å². The summed E-state index contributed by atoms with van der Waals surface area (Å²) in [6, 6.07) is 26.2. The van der Waals surface area contributed by atoms with Crippen molar-refractivity contribution in [3.63, 3.8) is 0 Å². The number of carbonyl (C=O) groups excluding carboxylic acids is 1. The van der Waals surface area contributed by atoms with Crippen LogP contribution >= 0.6 is 11.6 Å². The Balaban J connectivity index is 1.36. The fourth-order valence-corrected chi connectivity index (χ4v) is 4.68. The zero-order valence-electron chi connectivity index (χ0n) is 19.9. The van der Waals surface area contributed by atoms with Crippen molar-refractivity contribution in [3.05, 3.63) is 95.0 Å². The molecule has 4 nitrogen and oxygen atoms in total. The standard InChI is InChI=1S/C30H28ClN3O/c1-19(2)20-10-14-23(15-11-20)32-29(35)9-5-7-24-25-18-22(31)13-17-27(25)34-30(24)28-16-12-21-6-3-4-8-26(21)33-28/h3-4,6,8,10-19,34H,5,7,9H2,1-2H3,(H,32,35). The zero-order valence-corrected chi connectivity index (χ0v) is 20.7. The average Bonchev–Trinajstić information content (AvgIpc) is 3.21. The van der Waals surface area contributed by atoms with E-state index < -0.39 is 0 Å². The number of anilines is 1. The lowest BCUT2D eigenvalue weighted by Gasteiger charge is -2.09. The maximum atomic E-state index is 12.6. The number of pyridine rings is 1. The molecular weight excluding hydrogens is 454 g/mol. The molecule has 5 rings (SSSR count). The Morgan fingerprint density at radius 3 is 2.60 bits per heavy atom. The normalized spacial score (nSPS) is 11.4. The largest absolute Gasteiger partial charge is 0.353 e. The highest BCUT2D eigenvalue weighted by Gasteiger charge is 2.16. The molecule has 2 heterocycles. The van der Waals surface area contributed by atoms with Crippen LogP contribution < -0.4 is 5.32 Å². The van der Waals surface area contributed by atoms with E-state index in [1.165, 1.54) is 5.56 Å². The first kappa shape index (κ1) is 23.1. The molecule has 0 unspecified atom stereocenters. The second-order valence-corrected chi connectivity index (χ2v) is 9.67. The Morgan fingerprint density at radius 2 is 1.80 bits per heavy atom. The molecule has 3 aromatic carbocycles. The highest BCUT2D eigenvalue weighted by atomic mass is 35.5. The molecule has 0 aliphatic carbocycles. The van der Waals surface area contributed by atoms with Gasteiger partial charge in [0.2, 0.25) is 5.91 Å². The molecule has 5 heteroatoms. The van der Waals surface area contributed by atoms with Crippen LogP contribution in [0.15, 0.2) is 78.9 Å². The molecule has 0 bridgehead atoms. The van der Waals surface area contributed by atoms with Crippen LogP contribution in [0.25, 0.3) is 33.2 Å². The number of carbonyl (C=O) groups is 1. The van der Waals surface area contributed by atoms with Crippen molar-refractivity contribution in [1.29, 1.82) is 0 Å². The van der Waals surface area contributed by atoms with Gasteiger partial charge in [-0.05, 0) is 72.4 Å². The highest BCUT2D eigenvalue weighted by Crippen LogP contribution is 2.33. The van der Waals surface area contributed by atoms with Crippen LogP contribution in [-0.4, -0.2) is 15.9 Å². The second-order valence-electron chi connectivity index (χ2n) is 9.24. The summed E-state index contributed by atoms with van der Waals surface area (Å²) in [5.41, 5.74) is 7.08. The van der Waals surface area contributed by atoms with Crippen molar-refractivity contribution in [2.24, 2.45) is 0 Å². The topological polar surface area (TPSA) is 57.8 Å². The van der Waals surface area contributed by atoms with E-state index in [2.05, 4.69) is 48.4 Å². The number of H-pyrrole nitrogens is 1. The van der Waals surface area contributed by atoms with Gasteiger partial charge in [0.25, 0.3) is 0 Å². The molecule has 5 aromatic rings. The van der Waals surface area contributed by atoms with Gasteiger partial charge >= 0.3 is 0 Å². The number of amides is 1. The van der Waals surface area contributed by atoms with Crippen molar-refractivity contribution in [2.45, 2.75) is 39.0 Å². The van der Waals surface area contributed by atoms with Gasteiger partial charge in [-0.25, -0.2) is 4.98 Å². The molecule has 35 heavy (non-hydrogen) atoms. The molecular formula is C30H28ClN3O. The quantitative estimate of drug-likeness (QED) is 0.246. The number of fused-ring (bicyclic) bond motifs is 2. The number of aromatic nitrogens is 2. The van der Waals surface area contributed by atoms with Gasteiger partial charge in [-0.2, -0.15) is 0 Å². The first-order chi connectivity index (χ1) is 17.0. The van der Waals surface area contributed by atoms with E-state index in [0.717, 1.165) is 57.3 Å². The van der Waals surface area contributed by atoms with E-state index in [-0.39, 0.29) is 5.91 Å². The van der Waals surface area contributed by atoms with Crippen molar-refractivity contribution >= 4 is 45.0 Å². The van der Waals surface area contributed by atoms with Gasteiger partial charge in [-0.15, -0.1) is 0 Å².